The first-order valence-corrected chi connectivity index (χ1v) is 7.73. The van der Waals surface area contributed by atoms with Gasteiger partial charge in [0.2, 0.25) is 5.91 Å². The van der Waals surface area contributed by atoms with Crippen LogP contribution in [0.25, 0.3) is 10.9 Å². The first kappa shape index (κ1) is 16.9. The lowest BCUT2D eigenvalue weighted by Gasteiger charge is -2.11. The zero-order valence-electron chi connectivity index (χ0n) is 12.5. The van der Waals surface area contributed by atoms with Crippen molar-refractivity contribution >= 4 is 34.6 Å². The Kier molecular flexibility index (Phi) is 5.32. The van der Waals surface area contributed by atoms with Crippen molar-refractivity contribution in [3.63, 3.8) is 0 Å². The van der Waals surface area contributed by atoms with E-state index < -0.39 is 28.6 Å². The molecule has 0 bridgehead atoms. The zero-order chi connectivity index (χ0) is 17.0. The molecule has 1 aromatic carbocycles. The number of hydrogen-bond acceptors (Lipinski definition) is 5. The second-order valence-electron chi connectivity index (χ2n) is 4.64. The molecule has 0 saturated heterocycles. The van der Waals surface area contributed by atoms with Crippen molar-refractivity contribution in [1.82, 2.24) is 20.6 Å². The molecule has 1 atom stereocenters. The molecule has 0 unspecified atom stereocenters. The number of urea groups is 1. The smallest absolute Gasteiger partial charge is 0.321 e. The van der Waals surface area contributed by atoms with Crippen LogP contribution in [0.3, 0.4) is 0 Å². The third-order valence-electron chi connectivity index (χ3n) is 2.88. The van der Waals surface area contributed by atoms with E-state index in [-0.39, 0.29) is 10.5 Å². The number of fused-ring (bicyclic) bond motifs is 1. The Morgan fingerprint density at radius 1 is 1.43 bits per heavy atom. The average molecular weight is 338 g/mol. The van der Waals surface area contributed by atoms with Crippen molar-refractivity contribution in [1.29, 1.82) is 0 Å². The minimum absolute atomic E-state index is 0.133. The summed E-state index contributed by atoms with van der Waals surface area (Å²) in [5.74, 6) is -1.04. The molecule has 9 heteroatoms. The zero-order valence-corrected chi connectivity index (χ0v) is 13.3. The van der Waals surface area contributed by atoms with E-state index >= 15 is 0 Å². The van der Waals surface area contributed by atoms with Crippen molar-refractivity contribution < 1.29 is 14.0 Å². The summed E-state index contributed by atoms with van der Waals surface area (Å²) < 4.78 is 13.1. The summed E-state index contributed by atoms with van der Waals surface area (Å²) >= 11 is 0.992. The van der Waals surface area contributed by atoms with E-state index in [1.165, 1.54) is 12.1 Å². The molecular formula is C14H15FN4O3S. The van der Waals surface area contributed by atoms with Gasteiger partial charge in [0, 0.05) is 6.54 Å². The van der Waals surface area contributed by atoms with Gasteiger partial charge in [0.25, 0.3) is 5.56 Å². The van der Waals surface area contributed by atoms with Crippen molar-refractivity contribution in [3.05, 3.63) is 34.4 Å². The van der Waals surface area contributed by atoms with E-state index in [2.05, 4.69) is 20.6 Å². The number of thioether (sulfide) groups is 1. The fourth-order valence-electron chi connectivity index (χ4n) is 1.78. The predicted molar refractivity (Wildman–Crippen MR) is 84.9 cm³/mol. The third-order valence-corrected chi connectivity index (χ3v) is 3.86. The van der Waals surface area contributed by atoms with E-state index in [1.807, 2.05) is 0 Å². The van der Waals surface area contributed by atoms with Crippen molar-refractivity contribution in [2.75, 3.05) is 6.54 Å². The molecule has 7 nitrogen and oxygen atoms in total. The lowest BCUT2D eigenvalue weighted by atomic mass is 10.2. The number of rotatable bonds is 4. The molecular weight excluding hydrogens is 323 g/mol. The van der Waals surface area contributed by atoms with Crippen LogP contribution < -0.4 is 16.2 Å². The minimum Gasteiger partial charge on any atom is -0.338 e. The molecule has 0 aliphatic carbocycles. The Bertz CT molecular complexity index is 808. The number of nitrogens with one attached hydrogen (secondary N) is 3. The highest BCUT2D eigenvalue weighted by Crippen LogP contribution is 2.20. The summed E-state index contributed by atoms with van der Waals surface area (Å²) in [5, 5.41) is 4.32. The van der Waals surface area contributed by atoms with Crippen LogP contribution >= 0.6 is 11.8 Å². The standard InChI is InChI=1S/C14H15FN4O3S/c1-3-16-13(22)18-11(20)7(2)23-14-17-10-5-4-8(15)6-9(10)12(21)19-14/h4-7H,3H2,1-2H3,(H,17,19,21)(H2,16,18,20,22)/t7-/m1/s1. The number of hydrogen-bond donors (Lipinski definition) is 3. The number of aromatic amines is 1. The van der Waals surface area contributed by atoms with Gasteiger partial charge in [0.15, 0.2) is 5.16 Å². The van der Waals surface area contributed by atoms with Gasteiger partial charge < -0.3 is 10.3 Å². The highest BCUT2D eigenvalue weighted by atomic mass is 32.2. The summed E-state index contributed by atoms with van der Waals surface area (Å²) in [5.41, 5.74) is -0.165. The third kappa shape index (κ3) is 4.28. The first-order valence-electron chi connectivity index (χ1n) is 6.85. The summed E-state index contributed by atoms with van der Waals surface area (Å²) in [6.07, 6.45) is 0. The maximum Gasteiger partial charge on any atom is 0.321 e. The highest BCUT2D eigenvalue weighted by Gasteiger charge is 2.18. The van der Waals surface area contributed by atoms with Gasteiger partial charge in [-0.1, -0.05) is 11.8 Å². The van der Waals surface area contributed by atoms with Crippen LogP contribution in [-0.4, -0.2) is 33.7 Å². The van der Waals surface area contributed by atoms with Crippen LogP contribution in [0.4, 0.5) is 9.18 Å². The molecule has 0 saturated carbocycles. The molecule has 23 heavy (non-hydrogen) atoms. The Labute approximate surface area is 135 Å². The fraction of sp³-hybridized carbons (Fsp3) is 0.286. The van der Waals surface area contributed by atoms with Gasteiger partial charge in [0.1, 0.15) is 5.82 Å². The van der Waals surface area contributed by atoms with E-state index in [0.29, 0.717) is 12.1 Å². The molecule has 1 aromatic heterocycles. The SMILES string of the molecule is CCNC(=O)NC(=O)[C@@H](C)Sc1nc2ccc(F)cc2c(=O)[nH]1. The Hall–Kier alpha value is -2.42. The first-order chi connectivity index (χ1) is 10.9. The number of carbonyl (C=O) groups is 2. The highest BCUT2D eigenvalue weighted by molar-refractivity contribution is 8.00. The van der Waals surface area contributed by atoms with Crippen LogP contribution in [0.1, 0.15) is 13.8 Å². The van der Waals surface area contributed by atoms with Gasteiger partial charge in [0.05, 0.1) is 16.2 Å². The molecule has 3 N–H and O–H groups in total. The molecule has 1 heterocycles. The number of nitrogens with zero attached hydrogens (tertiary/aromatic N) is 1. The number of benzene rings is 1. The van der Waals surface area contributed by atoms with E-state index in [4.69, 9.17) is 0 Å². The van der Waals surface area contributed by atoms with Crippen molar-refractivity contribution in [2.24, 2.45) is 0 Å². The van der Waals surface area contributed by atoms with Gasteiger partial charge in [-0.2, -0.15) is 0 Å². The molecule has 2 rings (SSSR count). The number of H-pyrrole nitrogens is 1. The maximum absolute atomic E-state index is 13.1. The summed E-state index contributed by atoms with van der Waals surface area (Å²) in [6.45, 7) is 3.71. The monoisotopic (exact) mass is 338 g/mol. The van der Waals surface area contributed by atoms with Crippen LogP contribution in [0.15, 0.2) is 28.2 Å². The summed E-state index contributed by atoms with van der Waals surface area (Å²) in [4.78, 5) is 41.8. The summed E-state index contributed by atoms with van der Waals surface area (Å²) in [6, 6.07) is 3.11. The van der Waals surface area contributed by atoms with Gasteiger partial charge in [-0.15, -0.1) is 0 Å². The molecule has 0 aliphatic heterocycles. The maximum atomic E-state index is 13.1. The van der Waals surface area contributed by atoms with Crippen LogP contribution in [-0.2, 0) is 4.79 Å². The van der Waals surface area contributed by atoms with E-state index in [0.717, 1.165) is 17.8 Å². The number of aromatic nitrogens is 2. The van der Waals surface area contributed by atoms with Crippen LogP contribution in [0.5, 0.6) is 0 Å². The molecule has 0 radical (unpaired) electrons. The van der Waals surface area contributed by atoms with E-state index in [9.17, 15) is 18.8 Å². The predicted octanol–water partition coefficient (Wildman–Crippen LogP) is 1.39. The number of amides is 3. The Morgan fingerprint density at radius 3 is 2.87 bits per heavy atom. The molecule has 0 fully saturated rings. The number of imide groups is 1. The van der Waals surface area contributed by atoms with Gasteiger partial charge in [-0.05, 0) is 32.0 Å². The lowest BCUT2D eigenvalue weighted by molar-refractivity contribution is -0.119. The Morgan fingerprint density at radius 2 is 2.17 bits per heavy atom. The van der Waals surface area contributed by atoms with Gasteiger partial charge in [-0.25, -0.2) is 14.2 Å². The minimum atomic E-state index is -0.654. The molecule has 0 aliphatic rings. The topological polar surface area (TPSA) is 104 Å². The van der Waals surface area contributed by atoms with Crippen molar-refractivity contribution in [2.45, 2.75) is 24.3 Å². The lowest BCUT2D eigenvalue weighted by Crippen LogP contribution is -2.42. The second-order valence-corrected chi connectivity index (χ2v) is 5.97. The van der Waals surface area contributed by atoms with Crippen LogP contribution in [0.2, 0.25) is 0 Å². The fourth-order valence-corrected chi connectivity index (χ4v) is 2.59. The van der Waals surface area contributed by atoms with Gasteiger partial charge >= 0.3 is 6.03 Å². The second kappa shape index (κ2) is 7.23. The summed E-state index contributed by atoms with van der Waals surface area (Å²) in [7, 11) is 0. The average Bonchev–Trinajstić information content (AvgIpc) is 2.48. The molecule has 2 aromatic rings. The number of carbonyl (C=O) groups excluding carboxylic acids is 2. The largest absolute Gasteiger partial charge is 0.338 e. The molecule has 3 amide bonds. The Balaban J connectivity index is 2.15. The van der Waals surface area contributed by atoms with Crippen molar-refractivity contribution in [3.8, 4) is 0 Å². The molecule has 122 valence electrons. The normalized spacial score (nSPS) is 12.0. The van der Waals surface area contributed by atoms with Gasteiger partial charge in [-0.3, -0.25) is 14.9 Å². The van der Waals surface area contributed by atoms with Crippen LogP contribution in [0, 0.1) is 5.82 Å². The molecule has 0 spiro atoms. The number of halogens is 1. The quantitative estimate of drug-likeness (QED) is 0.577. The van der Waals surface area contributed by atoms with E-state index in [1.54, 1.807) is 13.8 Å².